The average molecular weight is 408 g/mol. The monoisotopic (exact) mass is 408 g/mol. The largest absolute Gasteiger partial charge is 0.351 e. The third-order valence-electron chi connectivity index (χ3n) is 5.00. The van der Waals surface area contributed by atoms with E-state index < -0.39 is 7.60 Å². The number of carbonyl (C=O) groups is 1. The van der Waals surface area contributed by atoms with E-state index in [0.29, 0.717) is 29.8 Å². The van der Waals surface area contributed by atoms with Gasteiger partial charge < -0.3 is 15.1 Å². The van der Waals surface area contributed by atoms with E-state index in [0.717, 1.165) is 13.0 Å². The first kappa shape index (κ1) is 20.2. The van der Waals surface area contributed by atoms with Crippen LogP contribution in [0.2, 0.25) is 0 Å². The van der Waals surface area contributed by atoms with Gasteiger partial charge in [-0.25, -0.2) is 0 Å². The van der Waals surface area contributed by atoms with Crippen molar-refractivity contribution in [2.24, 2.45) is 0 Å². The number of fused-ring (bicyclic) bond motifs is 1. The maximum Gasteiger partial charge on any atom is 0.329 e. The Kier molecular flexibility index (Phi) is 6.18. The summed E-state index contributed by atoms with van der Waals surface area (Å²) in [5.41, 5.74) is 2.45. The van der Waals surface area contributed by atoms with Gasteiger partial charge in [0, 0.05) is 35.6 Å². The zero-order valence-electron chi connectivity index (χ0n) is 15.5. The van der Waals surface area contributed by atoms with Crippen LogP contribution in [-0.2, 0) is 17.1 Å². The molecule has 0 spiro atoms. The highest BCUT2D eigenvalue weighted by Crippen LogP contribution is 2.39. The van der Waals surface area contributed by atoms with E-state index in [-0.39, 0.29) is 12.1 Å². The molecule has 0 saturated carbocycles. The highest BCUT2D eigenvalue weighted by molar-refractivity contribution is 7.50. The topological polar surface area (TPSA) is 89.9 Å². The number of nitrogens with one attached hydrogen (secondary N) is 1. The first-order valence-corrected chi connectivity index (χ1v) is 11.7. The molecule has 3 N–H and O–H groups in total. The second-order valence-corrected chi connectivity index (χ2v) is 9.65. The molecule has 1 aliphatic rings. The van der Waals surface area contributed by atoms with E-state index in [4.69, 9.17) is 9.79 Å². The molecule has 3 rings (SSSR count). The lowest BCUT2D eigenvalue weighted by atomic mass is 9.97. The van der Waals surface area contributed by atoms with Gasteiger partial charge >= 0.3 is 7.60 Å². The summed E-state index contributed by atoms with van der Waals surface area (Å²) in [5.74, 6) is -0.174. The standard InChI is InChI=1S/C19H25N2O4PS/c1-13-11-17-7-10-27-18(17)14(2)21(13)9-8-20-19(22)16-5-3-15(4-6-16)12-26(23,24)25/h3-7,10,13-14H,8-9,11-12H2,1-2H3,(H,20,22)(H2,23,24,25)/t13-,14+/m1/s1. The summed E-state index contributed by atoms with van der Waals surface area (Å²) in [4.78, 5) is 34.2. The van der Waals surface area contributed by atoms with Crippen LogP contribution in [-0.4, -0.2) is 39.7 Å². The fraction of sp³-hybridized carbons (Fsp3) is 0.421. The van der Waals surface area contributed by atoms with E-state index in [1.807, 2.05) is 0 Å². The highest BCUT2D eigenvalue weighted by atomic mass is 32.1. The number of amides is 1. The Morgan fingerprint density at radius 1 is 1.26 bits per heavy atom. The Bertz CT molecular complexity index is 846. The average Bonchev–Trinajstić information content (AvgIpc) is 3.05. The molecule has 1 amide bonds. The van der Waals surface area contributed by atoms with Crippen LogP contribution >= 0.6 is 18.9 Å². The number of nitrogens with zero attached hydrogens (tertiary/aromatic N) is 1. The van der Waals surface area contributed by atoms with Crippen LogP contribution in [0.1, 0.15) is 46.3 Å². The number of rotatable bonds is 6. The molecule has 0 unspecified atom stereocenters. The van der Waals surface area contributed by atoms with Crippen molar-refractivity contribution in [2.75, 3.05) is 13.1 Å². The van der Waals surface area contributed by atoms with Gasteiger partial charge in [-0.1, -0.05) is 12.1 Å². The van der Waals surface area contributed by atoms with Gasteiger partial charge in [0.25, 0.3) is 5.91 Å². The fourth-order valence-corrected chi connectivity index (χ4v) is 5.37. The molecule has 2 aromatic rings. The minimum atomic E-state index is -4.10. The summed E-state index contributed by atoms with van der Waals surface area (Å²) in [6.45, 7) is 5.77. The summed E-state index contributed by atoms with van der Waals surface area (Å²) in [5, 5.41) is 5.09. The zero-order valence-corrected chi connectivity index (χ0v) is 17.2. The SMILES string of the molecule is C[C@@H]1Cc2ccsc2[C@H](C)N1CCNC(=O)c1ccc(CP(=O)(O)O)cc1. The van der Waals surface area contributed by atoms with E-state index in [1.54, 1.807) is 35.6 Å². The molecular formula is C19H25N2O4PS. The van der Waals surface area contributed by atoms with E-state index in [9.17, 15) is 9.36 Å². The van der Waals surface area contributed by atoms with Gasteiger partial charge in [0.2, 0.25) is 0 Å². The number of benzene rings is 1. The van der Waals surface area contributed by atoms with Crippen molar-refractivity contribution in [1.29, 1.82) is 0 Å². The second-order valence-electron chi connectivity index (χ2n) is 7.05. The minimum Gasteiger partial charge on any atom is -0.351 e. The molecule has 146 valence electrons. The van der Waals surface area contributed by atoms with Gasteiger partial charge in [0.05, 0.1) is 6.16 Å². The Morgan fingerprint density at radius 3 is 2.63 bits per heavy atom. The van der Waals surface area contributed by atoms with Gasteiger partial charge in [-0.2, -0.15) is 0 Å². The van der Waals surface area contributed by atoms with Gasteiger partial charge in [0.1, 0.15) is 0 Å². The molecule has 0 fully saturated rings. The van der Waals surface area contributed by atoms with Crippen molar-refractivity contribution >= 4 is 24.8 Å². The van der Waals surface area contributed by atoms with Crippen molar-refractivity contribution in [3.05, 3.63) is 57.3 Å². The Balaban J connectivity index is 1.53. The van der Waals surface area contributed by atoms with Crippen LogP contribution in [0, 0.1) is 0 Å². The minimum absolute atomic E-state index is 0.174. The van der Waals surface area contributed by atoms with E-state index >= 15 is 0 Å². The summed E-state index contributed by atoms with van der Waals surface area (Å²) in [7, 11) is -4.10. The molecule has 1 aliphatic heterocycles. The van der Waals surface area contributed by atoms with Crippen LogP contribution in [0.25, 0.3) is 0 Å². The number of thiophene rings is 1. The lowest BCUT2D eigenvalue weighted by Crippen LogP contribution is -2.44. The van der Waals surface area contributed by atoms with Crippen molar-refractivity contribution in [1.82, 2.24) is 10.2 Å². The molecule has 0 saturated heterocycles. The zero-order chi connectivity index (χ0) is 19.6. The van der Waals surface area contributed by atoms with Crippen LogP contribution in [0.15, 0.2) is 35.7 Å². The third kappa shape index (κ3) is 5.06. The molecule has 1 aromatic carbocycles. The van der Waals surface area contributed by atoms with Crippen LogP contribution in [0.3, 0.4) is 0 Å². The Labute approximate surface area is 163 Å². The highest BCUT2D eigenvalue weighted by Gasteiger charge is 2.29. The first-order valence-electron chi connectivity index (χ1n) is 8.98. The van der Waals surface area contributed by atoms with Crippen LogP contribution < -0.4 is 5.32 Å². The van der Waals surface area contributed by atoms with Gasteiger partial charge in [0.15, 0.2) is 0 Å². The predicted molar refractivity (Wildman–Crippen MR) is 107 cm³/mol. The molecule has 0 aliphatic carbocycles. The first-order chi connectivity index (χ1) is 12.7. The fourth-order valence-electron chi connectivity index (χ4n) is 3.66. The molecule has 6 nitrogen and oxygen atoms in total. The molecule has 2 heterocycles. The molecule has 0 radical (unpaired) electrons. The second kappa shape index (κ2) is 8.25. The van der Waals surface area contributed by atoms with Crippen LogP contribution in [0.5, 0.6) is 0 Å². The molecular weight excluding hydrogens is 383 g/mol. The van der Waals surface area contributed by atoms with Gasteiger partial charge in [-0.05, 0) is 55.0 Å². The van der Waals surface area contributed by atoms with Crippen LogP contribution in [0.4, 0.5) is 0 Å². The summed E-state index contributed by atoms with van der Waals surface area (Å²) < 4.78 is 11.0. The number of hydrogen-bond acceptors (Lipinski definition) is 4. The molecule has 1 aromatic heterocycles. The van der Waals surface area contributed by atoms with Crippen molar-refractivity contribution in [2.45, 2.75) is 38.5 Å². The van der Waals surface area contributed by atoms with Gasteiger partial charge in [-0.3, -0.25) is 14.3 Å². The number of carbonyl (C=O) groups excluding carboxylic acids is 1. The normalized spacial score (nSPS) is 20.3. The smallest absolute Gasteiger partial charge is 0.329 e. The quantitative estimate of drug-likeness (QED) is 0.639. The number of hydrogen-bond donors (Lipinski definition) is 3. The van der Waals surface area contributed by atoms with E-state index in [2.05, 4.69) is 35.5 Å². The lowest BCUT2D eigenvalue weighted by Gasteiger charge is -2.38. The van der Waals surface area contributed by atoms with Crippen molar-refractivity contribution in [3.8, 4) is 0 Å². The Morgan fingerprint density at radius 2 is 1.96 bits per heavy atom. The van der Waals surface area contributed by atoms with Crippen molar-refractivity contribution < 1.29 is 19.1 Å². The van der Waals surface area contributed by atoms with Gasteiger partial charge in [-0.15, -0.1) is 11.3 Å². The predicted octanol–water partition coefficient (Wildman–Crippen LogP) is 3.16. The van der Waals surface area contributed by atoms with Crippen molar-refractivity contribution in [3.63, 3.8) is 0 Å². The molecule has 27 heavy (non-hydrogen) atoms. The molecule has 0 bridgehead atoms. The molecule has 2 atom stereocenters. The maximum absolute atomic E-state index is 12.3. The molecule has 8 heteroatoms. The summed E-state index contributed by atoms with van der Waals surface area (Å²) in [6, 6.07) is 9.37. The Hall–Kier alpha value is -1.50. The van der Waals surface area contributed by atoms with E-state index in [1.165, 1.54) is 10.4 Å². The maximum atomic E-state index is 12.3. The third-order valence-corrected chi connectivity index (χ3v) is 6.91. The summed E-state index contributed by atoms with van der Waals surface area (Å²) >= 11 is 1.80. The lowest BCUT2D eigenvalue weighted by molar-refractivity contribution is 0.0930. The summed E-state index contributed by atoms with van der Waals surface area (Å²) in [6.07, 6.45) is 0.725.